The van der Waals surface area contributed by atoms with E-state index in [1.807, 2.05) is 17.8 Å². The van der Waals surface area contributed by atoms with Crippen LogP contribution in [0.2, 0.25) is 0 Å². The van der Waals surface area contributed by atoms with Crippen molar-refractivity contribution in [2.24, 2.45) is 0 Å². The van der Waals surface area contributed by atoms with Gasteiger partial charge in [0, 0.05) is 17.8 Å². The Balaban J connectivity index is 1.88. The summed E-state index contributed by atoms with van der Waals surface area (Å²) >= 11 is 1.89. The molecule has 6 heteroatoms. The Morgan fingerprint density at radius 1 is 1.43 bits per heavy atom. The van der Waals surface area contributed by atoms with Gasteiger partial charge in [0.25, 0.3) is 0 Å². The third-order valence-electron chi connectivity index (χ3n) is 3.84. The molecule has 0 radical (unpaired) electrons. The first-order valence-corrected chi connectivity index (χ1v) is 9.98. The summed E-state index contributed by atoms with van der Waals surface area (Å²) in [4.78, 5) is 0.233. The number of sulfone groups is 1. The second-order valence-corrected chi connectivity index (χ2v) is 8.53. The molecular formula is C15H20N2O2S2. The smallest absolute Gasteiger partial charge is 0.179 e. The van der Waals surface area contributed by atoms with Gasteiger partial charge < -0.3 is 5.32 Å². The Bertz CT molecular complexity index is 623. The Hall–Kier alpha value is -1.03. The van der Waals surface area contributed by atoms with Crippen LogP contribution in [0.25, 0.3) is 0 Å². The number of nitriles is 1. The van der Waals surface area contributed by atoms with Gasteiger partial charge in [-0.1, -0.05) is 6.07 Å². The van der Waals surface area contributed by atoms with E-state index in [1.54, 1.807) is 18.2 Å². The summed E-state index contributed by atoms with van der Waals surface area (Å²) in [5.41, 5.74) is 0.377. The molecule has 1 saturated carbocycles. The number of hydrogen-bond acceptors (Lipinski definition) is 5. The van der Waals surface area contributed by atoms with E-state index in [2.05, 4.69) is 11.6 Å². The van der Waals surface area contributed by atoms with Gasteiger partial charge >= 0.3 is 0 Å². The van der Waals surface area contributed by atoms with E-state index in [4.69, 9.17) is 5.26 Å². The molecule has 2 unspecified atom stereocenters. The summed E-state index contributed by atoms with van der Waals surface area (Å²) in [6, 6.07) is 8.61. The van der Waals surface area contributed by atoms with Crippen molar-refractivity contribution in [3.8, 4) is 6.07 Å². The van der Waals surface area contributed by atoms with Crippen LogP contribution in [-0.2, 0) is 9.84 Å². The molecule has 1 aromatic rings. The van der Waals surface area contributed by atoms with E-state index >= 15 is 0 Å². The van der Waals surface area contributed by atoms with E-state index in [-0.39, 0.29) is 10.6 Å². The van der Waals surface area contributed by atoms with E-state index in [0.717, 1.165) is 12.8 Å². The summed E-state index contributed by atoms with van der Waals surface area (Å²) in [5.74, 6) is 0.0717. The Morgan fingerprint density at radius 2 is 2.24 bits per heavy atom. The molecule has 1 fully saturated rings. The molecule has 0 aliphatic heterocycles. The normalized spacial score (nSPS) is 22.1. The van der Waals surface area contributed by atoms with Gasteiger partial charge in [0.15, 0.2) is 9.84 Å². The molecule has 2 atom stereocenters. The highest BCUT2D eigenvalue weighted by molar-refractivity contribution is 7.99. The van der Waals surface area contributed by atoms with Crippen LogP contribution < -0.4 is 5.32 Å². The van der Waals surface area contributed by atoms with Crippen LogP contribution in [0.15, 0.2) is 29.2 Å². The molecule has 114 valence electrons. The highest BCUT2D eigenvalue weighted by Crippen LogP contribution is 2.28. The fraction of sp³-hybridized carbons (Fsp3) is 0.533. The number of benzene rings is 1. The average molecular weight is 324 g/mol. The first-order chi connectivity index (χ1) is 10.0. The lowest BCUT2D eigenvalue weighted by Crippen LogP contribution is -2.31. The van der Waals surface area contributed by atoms with Crippen molar-refractivity contribution in [1.29, 1.82) is 5.26 Å². The minimum absolute atomic E-state index is 0.0717. The van der Waals surface area contributed by atoms with Crippen molar-refractivity contribution in [3.63, 3.8) is 0 Å². The van der Waals surface area contributed by atoms with Crippen LogP contribution in [0.1, 0.15) is 24.8 Å². The molecule has 21 heavy (non-hydrogen) atoms. The number of rotatable bonds is 6. The van der Waals surface area contributed by atoms with Crippen LogP contribution in [0.3, 0.4) is 0 Å². The van der Waals surface area contributed by atoms with Crippen molar-refractivity contribution in [2.75, 3.05) is 18.6 Å². The number of thioether (sulfide) groups is 1. The third-order valence-corrected chi connectivity index (χ3v) is 6.65. The van der Waals surface area contributed by atoms with Crippen molar-refractivity contribution >= 4 is 21.6 Å². The fourth-order valence-corrected chi connectivity index (χ4v) is 4.63. The Morgan fingerprint density at radius 3 is 2.90 bits per heavy atom. The maximum atomic E-state index is 12.2. The van der Waals surface area contributed by atoms with Crippen LogP contribution in [-0.4, -0.2) is 38.3 Å². The van der Waals surface area contributed by atoms with E-state index < -0.39 is 9.84 Å². The van der Waals surface area contributed by atoms with Crippen LogP contribution in [0.5, 0.6) is 0 Å². The molecule has 0 heterocycles. The SMILES string of the molecule is CSC1CCC(NCCS(=O)(=O)c2cccc(C#N)c2)C1. The number of nitrogens with zero attached hydrogens (tertiary/aromatic N) is 1. The van der Waals surface area contributed by atoms with Gasteiger partial charge in [-0.05, 0) is 43.7 Å². The average Bonchev–Trinajstić information content (AvgIpc) is 2.95. The molecule has 0 amide bonds. The molecule has 4 nitrogen and oxygen atoms in total. The monoisotopic (exact) mass is 324 g/mol. The van der Waals surface area contributed by atoms with Crippen molar-refractivity contribution < 1.29 is 8.42 Å². The van der Waals surface area contributed by atoms with E-state index in [1.165, 1.54) is 12.5 Å². The van der Waals surface area contributed by atoms with Crippen molar-refractivity contribution in [2.45, 2.75) is 35.4 Å². The molecule has 2 rings (SSSR count). The zero-order valence-electron chi connectivity index (χ0n) is 12.1. The van der Waals surface area contributed by atoms with Gasteiger partial charge in [-0.25, -0.2) is 8.42 Å². The van der Waals surface area contributed by atoms with Crippen molar-refractivity contribution in [3.05, 3.63) is 29.8 Å². The predicted molar refractivity (Wildman–Crippen MR) is 86.2 cm³/mol. The second-order valence-electron chi connectivity index (χ2n) is 5.28. The summed E-state index contributed by atoms with van der Waals surface area (Å²) in [5, 5.41) is 12.9. The maximum Gasteiger partial charge on any atom is 0.179 e. The lowest BCUT2D eigenvalue weighted by Gasteiger charge is -2.12. The predicted octanol–water partition coefficient (Wildman–Crippen LogP) is 2.21. The molecule has 0 aromatic heterocycles. The first-order valence-electron chi connectivity index (χ1n) is 7.04. The zero-order chi connectivity index (χ0) is 15.3. The van der Waals surface area contributed by atoms with Gasteiger partial charge in [0.05, 0.1) is 22.3 Å². The van der Waals surface area contributed by atoms with E-state index in [9.17, 15) is 8.42 Å². The lowest BCUT2D eigenvalue weighted by molar-refractivity contribution is 0.537. The quantitative estimate of drug-likeness (QED) is 0.869. The molecule has 1 N–H and O–H groups in total. The fourth-order valence-electron chi connectivity index (χ4n) is 2.61. The van der Waals surface area contributed by atoms with Crippen LogP contribution in [0, 0.1) is 11.3 Å². The van der Waals surface area contributed by atoms with Gasteiger partial charge in [-0.15, -0.1) is 0 Å². The summed E-state index contributed by atoms with van der Waals surface area (Å²) < 4.78 is 24.5. The first kappa shape index (κ1) is 16.3. The summed E-state index contributed by atoms with van der Waals surface area (Å²) in [6.07, 6.45) is 5.57. The highest BCUT2D eigenvalue weighted by atomic mass is 32.2. The van der Waals surface area contributed by atoms with Crippen LogP contribution >= 0.6 is 11.8 Å². The second kappa shape index (κ2) is 7.30. The highest BCUT2D eigenvalue weighted by Gasteiger charge is 2.24. The largest absolute Gasteiger partial charge is 0.313 e. The van der Waals surface area contributed by atoms with Gasteiger partial charge in [0.1, 0.15) is 0 Å². The minimum atomic E-state index is -3.32. The van der Waals surface area contributed by atoms with Gasteiger partial charge in [-0.3, -0.25) is 0 Å². The summed E-state index contributed by atoms with van der Waals surface area (Å²) in [6.45, 7) is 0.463. The molecule has 1 aliphatic carbocycles. The summed E-state index contributed by atoms with van der Waals surface area (Å²) in [7, 11) is -3.32. The van der Waals surface area contributed by atoms with Gasteiger partial charge in [-0.2, -0.15) is 17.0 Å². The number of nitrogens with one attached hydrogen (secondary N) is 1. The van der Waals surface area contributed by atoms with E-state index in [0.29, 0.717) is 23.4 Å². The third kappa shape index (κ3) is 4.47. The lowest BCUT2D eigenvalue weighted by atomic mass is 10.2. The molecular weight excluding hydrogens is 304 g/mol. The molecule has 1 aliphatic rings. The Labute approximate surface area is 130 Å². The molecule has 0 spiro atoms. The Kier molecular flexibility index (Phi) is 5.68. The standard InChI is InChI=1S/C15H20N2O2S2/c1-20-14-6-5-13(10-14)17-7-8-21(18,19)15-4-2-3-12(9-15)11-16/h2-4,9,13-14,17H,5-8,10H2,1H3. The zero-order valence-corrected chi connectivity index (χ0v) is 13.7. The van der Waals surface area contributed by atoms with Crippen molar-refractivity contribution in [1.82, 2.24) is 5.32 Å². The molecule has 0 saturated heterocycles. The topological polar surface area (TPSA) is 70.0 Å². The molecule has 0 bridgehead atoms. The van der Waals surface area contributed by atoms with Gasteiger partial charge in [0.2, 0.25) is 0 Å². The van der Waals surface area contributed by atoms with Crippen LogP contribution in [0.4, 0.5) is 0 Å². The number of hydrogen-bond donors (Lipinski definition) is 1. The maximum absolute atomic E-state index is 12.2. The minimum Gasteiger partial charge on any atom is -0.313 e. The molecule has 1 aromatic carbocycles.